The highest BCUT2D eigenvalue weighted by molar-refractivity contribution is 5.98. The fourth-order valence-corrected chi connectivity index (χ4v) is 3.08. The van der Waals surface area contributed by atoms with Gasteiger partial charge in [0.15, 0.2) is 0 Å². The Morgan fingerprint density at radius 3 is 2.45 bits per heavy atom. The maximum Gasteiger partial charge on any atom is 0.0273 e. The number of benzene rings is 2. The first-order valence-electron chi connectivity index (χ1n) is 7.03. The van der Waals surface area contributed by atoms with Crippen LogP contribution < -0.4 is 0 Å². The zero-order valence-corrected chi connectivity index (χ0v) is 11.2. The molecular weight excluding hydrogens is 242 g/mol. The van der Waals surface area contributed by atoms with Crippen LogP contribution in [0.5, 0.6) is 0 Å². The van der Waals surface area contributed by atoms with E-state index in [2.05, 4.69) is 47.5 Å². The van der Waals surface area contributed by atoms with Gasteiger partial charge in [-0.1, -0.05) is 42.5 Å². The highest BCUT2D eigenvalue weighted by atomic mass is 14.6. The third-order valence-corrected chi connectivity index (χ3v) is 4.07. The average molecular weight is 257 g/mol. The molecule has 1 aromatic heterocycles. The molecule has 0 bridgehead atoms. The molecule has 4 rings (SSSR count). The summed E-state index contributed by atoms with van der Waals surface area (Å²) in [6.07, 6.45) is 10.4. The molecule has 1 heterocycles. The summed E-state index contributed by atoms with van der Waals surface area (Å²) in [5.41, 5.74) is 5.47. The molecule has 96 valence electrons. The van der Waals surface area contributed by atoms with Crippen molar-refractivity contribution in [3.63, 3.8) is 0 Å². The standard InChI is InChI=1S/C19H15N/c1-2-16-8-9-17-7-6-15(18(3-1)19(16)17)5-4-14-10-12-20-13-11-14/h1-7,10-13H,8-9H2/b5-4+. The molecule has 0 unspecified atom stereocenters. The number of hydrogen-bond acceptors (Lipinski definition) is 1. The second-order valence-corrected chi connectivity index (χ2v) is 5.27. The molecule has 1 nitrogen and oxygen atoms in total. The molecule has 0 fully saturated rings. The first-order chi connectivity index (χ1) is 9.92. The topological polar surface area (TPSA) is 12.9 Å². The van der Waals surface area contributed by atoms with E-state index in [1.807, 2.05) is 24.5 Å². The van der Waals surface area contributed by atoms with Gasteiger partial charge in [-0.3, -0.25) is 4.98 Å². The van der Waals surface area contributed by atoms with Crippen LogP contribution in [0.2, 0.25) is 0 Å². The summed E-state index contributed by atoms with van der Waals surface area (Å²) >= 11 is 0. The summed E-state index contributed by atoms with van der Waals surface area (Å²) in [7, 11) is 0. The Balaban J connectivity index is 1.84. The van der Waals surface area contributed by atoms with Crippen molar-refractivity contribution in [1.82, 2.24) is 4.98 Å². The van der Waals surface area contributed by atoms with E-state index in [1.54, 1.807) is 0 Å². The molecule has 1 aliphatic carbocycles. The first kappa shape index (κ1) is 11.4. The van der Waals surface area contributed by atoms with Crippen LogP contribution in [0.3, 0.4) is 0 Å². The van der Waals surface area contributed by atoms with Gasteiger partial charge in [-0.25, -0.2) is 0 Å². The van der Waals surface area contributed by atoms with E-state index < -0.39 is 0 Å². The van der Waals surface area contributed by atoms with E-state index in [0.717, 1.165) is 0 Å². The molecule has 0 aliphatic heterocycles. The van der Waals surface area contributed by atoms with Gasteiger partial charge < -0.3 is 0 Å². The van der Waals surface area contributed by atoms with Crippen LogP contribution in [-0.4, -0.2) is 4.98 Å². The highest BCUT2D eigenvalue weighted by Crippen LogP contribution is 2.33. The van der Waals surface area contributed by atoms with Gasteiger partial charge in [-0.2, -0.15) is 0 Å². The van der Waals surface area contributed by atoms with Crippen LogP contribution in [0.15, 0.2) is 54.9 Å². The van der Waals surface area contributed by atoms with E-state index in [9.17, 15) is 0 Å². The Morgan fingerprint density at radius 2 is 1.60 bits per heavy atom. The van der Waals surface area contributed by atoms with Gasteiger partial charge in [0.05, 0.1) is 0 Å². The minimum absolute atomic E-state index is 1.18. The molecule has 0 radical (unpaired) electrons. The fourth-order valence-electron chi connectivity index (χ4n) is 3.08. The van der Waals surface area contributed by atoms with Gasteiger partial charge in [0, 0.05) is 12.4 Å². The third kappa shape index (κ3) is 1.83. The lowest BCUT2D eigenvalue weighted by atomic mass is 9.99. The number of aryl methyl sites for hydroxylation is 2. The van der Waals surface area contributed by atoms with Gasteiger partial charge in [-0.05, 0) is 58.0 Å². The lowest BCUT2D eigenvalue weighted by Crippen LogP contribution is -1.83. The summed E-state index contributed by atoms with van der Waals surface area (Å²) in [5, 5.41) is 2.85. The van der Waals surface area contributed by atoms with Crippen molar-refractivity contribution < 1.29 is 0 Å². The predicted octanol–water partition coefficient (Wildman–Crippen LogP) is 4.50. The molecule has 1 aliphatic rings. The number of nitrogens with zero attached hydrogens (tertiary/aromatic N) is 1. The highest BCUT2D eigenvalue weighted by Gasteiger charge is 2.14. The summed E-state index contributed by atoms with van der Waals surface area (Å²) in [5.74, 6) is 0. The quantitative estimate of drug-likeness (QED) is 0.658. The van der Waals surface area contributed by atoms with Crippen molar-refractivity contribution in [3.8, 4) is 0 Å². The van der Waals surface area contributed by atoms with Crippen molar-refractivity contribution in [1.29, 1.82) is 0 Å². The molecule has 20 heavy (non-hydrogen) atoms. The molecule has 1 heteroatoms. The number of rotatable bonds is 2. The Morgan fingerprint density at radius 1 is 0.800 bits per heavy atom. The van der Waals surface area contributed by atoms with Gasteiger partial charge in [0.2, 0.25) is 0 Å². The van der Waals surface area contributed by atoms with E-state index in [0.29, 0.717) is 0 Å². The van der Waals surface area contributed by atoms with Crippen molar-refractivity contribution >= 4 is 22.9 Å². The van der Waals surface area contributed by atoms with Crippen LogP contribution in [-0.2, 0) is 12.8 Å². The molecule has 0 spiro atoms. The normalized spacial score (nSPS) is 13.4. The average Bonchev–Trinajstić information content (AvgIpc) is 2.93. The molecule has 0 saturated carbocycles. The molecule has 0 atom stereocenters. The molecule has 0 amide bonds. The maximum atomic E-state index is 4.05. The lowest BCUT2D eigenvalue weighted by molar-refractivity contribution is 1.02. The smallest absolute Gasteiger partial charge is 0.0273 e. The van der Waals surface area contributed by atoms with E-state index >= 15 is 0 Å². The Bertz CT molecular complexity index is 790. The minimum atomic E-state index is 1.18. The maximum absolute atomic E-state index is 4.05. The van der Waals surface area contributed by atoms with Crippen molar-refractivity contribution in [2.24, 2.45) is 0 Å². The molecule has 0 N–H and O–H groups in total. The monoisotopic (exact) mass is 257 g/mol. The van der Waals surface area contributed by atoms with Crippen LogP contribution in [0.4, 0.5) is 0 Å². The van der Waals surface area contributed by atoms with Crippen molar-refractivity contribution in [2.45, 2.75) is 12.8 Å². The van der Waals surface area contributed by atoms with Crippen LogP contribution >= 0.6 is 0 Å². The number of hydrogen-bond donors (Lipinski definition) is 0. The second kappa shape index (κ2) is 4.61. The summed E-state index contributed by atoms with van der Waals surface area (Å²) in [4.78, 5) is 4.05. The fraction of sp³-hybridized carbons (Fsp3) is 0.105. The van der Waals surface area contributed by atoms with Crippen molar-refractivity contribution in [3.05, 3.63) is 77.1 Å². The largest absolute Gasteiger partial charge is 0.265 e. The molecule has 3 aromatic rings. The predicted molar refractivity (Wildman–Crippen MR) is 84.5 cm³/mol. The molecular formula is C19H15N. The van der Waals surface area contributed by atoms with Gasteiger partial charge in [0.25, 0.3) is 0 Å². The van der Waals surface area contributed by atoms with E-state index in [1.165, 1.54) is 45.9 Å². The zero-order chi connectivity index (χ0) is 13.4. The molecule has 2 aromatic carbocycles. The van der Waals surface area contributed by atoms with E-state index in [4.69, 9.17) is 0 Å². The van der Waals surface area contributed by atoms with Crippen LogP contribution in [0, 0.1) is 0 Å². The van der Waals surface area contributed by atoms with Gasteiger partial charge in [-0.15, -0.1) is 0 Å². The van der Waals surface area contributed by atoms with Crippen LogP contribution in [0.25, 0.3) is 22.9 Å². The second-order valence-electron chi connectivity index (χ2n) is 5.27. The van der Waals surface area contributed by atoms with Crippen LogP contribution in [0.1, 0.15) is 22.3 Å². The minimum Gasteiger partial charge on any atom is -0.265 e. The Kier molecular flexibility index (Phi) is 2.63. The van der Waals surface area contributed by atoms with Gasteiger partial charge in [0.1, 0.15) is 0 Å². The van der Waals surface area contributed by atoms with E-state index in [-0.39, 0.29) is 0 Å². The molecule has 0 saturated heterocycles. The zero-order valence-electron chi connectivity index (χ0n) is 11.2. The Hall–Kier alpha value is -2.41. The summed E-state index contributed by atoms with van der Waals surface area (Å²) in [6.45, 7) is 0. The number of aromatic nitrogens is 1. The van der Waals surface area contributed by atoms with Crippen molar-refractivity contribution in [2.75, 3.05) is 0 Å². The first-order valence-corrected chi connectivity index (χ1v) is 7.03. The summed E-state index contributed by atoms with van der Waals surface area (Å²) in [6, 6.07) is 15.2. The Labute approximate surface area is 118 Å². The lowest BCUT2D eigenvalue weighted by Gasteiger charge is -2.05. The summed E-state index contributed by atoms with van der Waals surface area (Å²) < 4.78 is 0. The third-order valence-electron chi connectivity index (χ3n) is 4.07. The SMILES string of the molecule is C(=C\c1ccc2c3c(cccc13)CC2)/c1ccncc1. The number of pyridine rings is 1. The van der Waals surface area contributed by atoms with Gasteiger partial charge >= 0.3 is 0 Å².